The lowest BCUT2D eigenvalue weighted by Crippen LogP contribution is -2.16. The summed E-state index contributed by atoms with van der Waals surface area (Å²) in [5.41, 5.74) is 10.0. The number of aromatic nitrogens is 1. The molecule has 2 aliphatic carbocycles. The van der Waals surface area contributed by atoms with Gasteiger partial charge < -0.3 is 0 Å². The Balaban J connectivity index is 1.59. The Hall–Kier alpha value is -2.72. The van der Waals surface area contributed by atoms with E-state index in [4.69, 9.17) is 0 Å². The molecule has 1 unspecified atom stereocenters. The van der Waals surface area contributed by atoms with Gasteiger partial charge in [0.15, 0.2) is 9.84 Å². The number of benzene rings is 2. The van der Waals surface area contributed by atoms with Crippen molar-refractivity contribution in [3.63, 3.8) is 0 Å². The second-order valence-electron chi connectivity index (χ2n) is 8.87. The molecule has 3 nitrogen and oxygen atoms in total. The average Bonchev–Trinajstić information content (AvgIpc) is 2.77. The third-order valence-corrected chi connectivity index (χ3v) is 7.82. The summed E-state index contributed by atoms with van der Waals surface area (Å²) in [5, 5.41) is 0. The summed E-state index contributed by atoms with van der Waals surface area (Å²) in [5.74, 6) is 0.370. The van der Waals surface area contributed by atoms with Crippen molar-refractivity contribution >= 4 is 15.9 Å². The van der Waals surface area contributed by atoms with E-state index in [-0.39, 0.29) is 0 Å². The van der Waals surface area contributed by atoms with Crippen molar-refractivity contribution in [3.05, 3.63) is 88.2 Å². The molecule has 158 valence electrons. The van der Waals surface area contributed by atoms with E-state index >= 15 is 0 Å². The van der Waals surface area contributed by atoms with Gasteiger partial charge in [0.1, 0.15) is 0 Å². The van der Waals surface area contributed by atoms with Crippen LogP contribution in [-0.2, 0) is 29.1 Å². The number of nitrogens with zero attached hydrogens (tertiary/aromatic N) is 1. The van der Waals surface area contributed by atoms with Gasteiger partial charge in [0.05, 0.1) is 4.90 Å². The largest absolute Gasteiger partial charge is 0.261 e. The first-order valence-electron chi connectivity index (χ1n) is 11.0. The highest BCUT2D eigenvalue weighted by molar-refractivity contribution is 7.90. The highest BCUT2D eigenvalue weighted by Gasteiger charge is 2.28. The Morgan fingerprint density at radius 1 is 1.03 bits per heavy atom. The van der Waals surface area contributed by atoms with Crippen LogP contribution in [-0.4, -0.2) is 19.7 Å². The maximum Gasteiger partial charge on any atom is 0.175 e. The van der Waals surface area contributed by atoms with Gasteiger partial charge in [-0.3, -0.25) is 4.98 Å². The molecule has 0 fully saturated rings. The molecule has 1 aromatic heterocycles. The zero-order valence-electron chi connectivity index (χ0n) is 18.1. The summed E-state index contributed by atoms with van der Waals surface area (Å²) in [7, 11) is -3.25. The summed E-state index contributed by atoms with van der Waals surface area (Å²) in [4.78, 5) is 4.85. The van der Waals surface area contributed by atoms with Gasteiger partial charge in [0.25, 0.3) is 0 Å². The van der Waals surface area contributed by atoms with Gasteiger partial charge in [-0.15, -0.1) is 0 Å². The highest BCUT2D eigenvalue weighted by Crippen LogP contribution is 2.45. The molecule has 0 aliphatic heterocycles. The minimum atomic E-state index is -3.25. The van der Waals surface area contributed by atoms with Crippen LogP contribution in [0.3, 0.4) is 0 Å². The molecule has 0 radical (unpaired) electrons. The van der Waals surface area contributed by atoms with Crippen molar-refractivity contribution in [1.29, 1.82) is 0 Å². The third kappa shape index (κ3) is 3.85. The lowest BCUT2D eigenvalue weighted by atomic mass is 9.73. The molecular formula is C27H27NO2S. The van der Waals surface area contributed by atoms with E-state index in [9.17, 15) is 8.42 Å². The minimum Gasteiger partial charge on any atom is -0.261 e. The quantitative estimate of drug-likeness (QED) is 0.535. The maximum atomic E-state index is 12.3. The molecule has 5 rings (SSSR count). The second kappa shape index (κ2) is 7.76. The molecule has 2 aromatic carbocycles. The summed E-state index contributed by atoms with van der Waals surface area (Å²) in [6, 6.07) is 14.3. The lowest BCUT2D eigenvalue weighted by Gasteiger charge is -2.31. The van der Waals surface area contributed by atoms with E-state index in [0.717, 1.165) is 43.4 Å². The molecule has 4 heteroatoms. The molecule has 0 saturated heterocycles. The Labute approximate surface area is 184 Å². The van der Waals surface area contributed by atoms with Gasteiger partial charge in [-0.1, -0.05) is 36.4 Å². The van der Waals surface area contributed by atoms with Crippen LogP contribution in [0.15, 0.2) is 59.6 Å². The van der Waals surface area contributed by atoms with Crippen molar-refractivity contribution in [1.82, 2.24) is 4.98 Å². The molecule has 0 amide bonds. The summed E-state index contributed by atoms with van der Waals surface area (Å²) in [6.07, 6.45) is 12.9. The Bertz CT molecular complexity index is 1290. The van der Waals surface area contributed by atoms with Gasteiger partial charge in [0, 0.05) is 18.1 Å². The van der Waals surface area contributed by atoms with Crippen LogP contribution in [0.1, 0.15) is 52.3 Å². The second-order valence-corrected chi connectivity index (χ2v) is 10.9. The fraction of sp³-hybridized carbons (Fsp3) is 0.296. The SMILES string of the molecule is Cc1ccc(CCC2Cc3c(ccc4c3CCC=C4)-c3cc(S(C)(=O)=O)ccc32)cn1. The summed E-state index contributed by atoms with van der Waals surface area (Å²) >= 11 is 0. The third-order valence-electron chi connectivity index (χ3n) is 6.71. The zero-order chi connectivity index (χ0) is 21.6. The smallest absolute Gasteiger partial charge is 0.175 e. The molecule has 31 heavy (non-hydrogen) atoms. The van der Waals surface area contributed by atoms with Crippen LogP contribution in [0.25, 0.3) is 17.2 Å². The molecule has 0 bridgehead atoms. The van der Waals surface area contributed by atoms with Gasteiger partial charge in [-0.25, -0.2) is 8.42 Å². The first-order valence-corrected chi connectivity index (χ1v) is 12.9. The molecule has 0 N–H and O–H groups in total. The topological polar surface area (TPSA) is 47.0 Å². The van der Waals surface area contributed by atoms with Crippen molar-refractivity contribution in [2.75, 3.05) is 6.26 Å². The molecule has 1 heterocycles. The standard InChI is InChI=1S/C27H27NO2S/c1-18-7-8-19(17-28-18)9-10-21-15-26-23-6-4-3-5-20(23)11-13-25(26)27-16-22(31(2,29)30)12-14-24(21)27/h3,5,7-8,11-14,16-17,21H,4,6,9-10,15H2,1-2H3. The summed E-state index contributed by atoms with van der Waals surface area (Å²) < 4.78 is 24.5. The van der Waals surface area contributed by atoms with Gasteiger partial charge in [0.2, 0.25) is 0 Å². The molecular weight excluding hydrogens is 402 g/mol. The maximum absolute atomic E-state index is 12.3. The van der Waals surface area contributed by atoms with Gasteiger partial charge >= 0.3 is 0 Å². The van der Waals surface area contributed by atoms with E-state index in [1.54, 1.807) is 6.07 Å². The van der Waals surface area contributed by atoms with Crippen molar-refractivity contribution in [3.8, 4) is 11.1 Å². The molecule has 1 atom stereocenters. The number of aryl methyl sites for hydroxylation is 2. The number of hydrogen-bond donors (Lipinski definition) is 0. The lowest BCUT2D eigenvalue weighted by molar-refractivity contribution is 0.600. The Kier molecular flexibility index (Phi) is 5.05. The average molecular weight is 430 g/mol. The van der Waals surface area contributed by atoms with E-state index in [1.165, 1.54) is 39.6 Å². The highest BCUT2D eigenvalue weighted by atomic mass is 32.2. The van der Waals surface area contributed by atoms with Crippen molar-refractivity contribution in [2.45, 2.75) is 49.8 Å². The number of sulfone groups is 1. The fourth-order valence-corrected chi connectivity index (χ4v) is 5.69. The van der Waals surface area contributed by atoms with Crippen LogP contribution in [0, 0.1) is 6.92 Å². The normalized spacial score (nSPS) is 17.0. The predicted molar refractivity (Wildman–Crippen MR) is 126 cm³/mol. The zero-order valence-corrected chi connectivity index (χ0v) is 18.9. The first-order chi connectivity index (χ1) is 14.9. The Morgan fingerprint density at radius 2 is 1.90 bits per heavy atom. The van der Waals surface area contributed by atoms with Gasteiger partial charge in [-0.05, 0) is 102 Å². The van der Waals surface area contributed by atoms with E-state index in [0.29, 0.717) is 10.8 Å². The van der Waals surface area contributed by atoms with Crippen LogP contribution in [0.2, 0.25) is 0 Å². The first kappa shape index (κ1) is 20.2. The van der Waals surface area contributed by atoms with E-state index in [1.807, 2.05) is 25.3 Å². The molecule has 3 aromatic rings. The van der Waals surface area contributed by atoms with E-state index in [2.05, 4.69) is 41.4 Å². The molecule has 2 aliphatic rings. The predicted octanol–water partition coefficient (Wildman–Crippen LogP) is 5.69. The van der Waals surface area contributed by atoms with E-state index < -0.39 is 9.84 Å². The fourth-order valence-electron chi connectivity index (χ4n) is 5.04. The van der Waals surface area contributed by atoms with Crippen LogP contribution in [0.5, 0.6) is 0 Å². The van der Waals surface area contributed by atoms with Crippen molar-refractivity contribution in [2.24, 2.45) is 0 Å². The minimum absolute atomic E-state index is 0.370. The number of allylic oxidation sites excluding steroid dienone is 1. The van der Waals surface area contributed by atoms with Crippen molar-refractivity contribution < 1.29 is 8.42 Å². The van der Waals surface area contributed by atoms with Gasteiger partial charge in [-0.2, -0.15) is 0 Å². The number of hydrogen-bond acceptors (Lipinski definition) is 3. The number of fused-ring (bicyclic) bond motifs is 5. The molecule has 0 spiro atoms. The Morgan fingerprint density at radius 3 is 2.68 bits per heavy atom. The number of pyridine rings is 1. The summed E-state index contributed by atoms with van der Waals surface area (Å²) in [6.45, 7) is 2.01. The monoisotopic (exact) mass is 429 g/mol. The number of rotatable bonds is 4. The molecule has 0 saturated carbocycles. The van der Waals surface area contributed by atoms with Crippen LogP contribution in [0.4, 0.5) is 0 Å². The van der Waals surface area contributed by atoms with Crippen LogP contribution < -0.4 is 0 Å². The van der Waals surface area contributed by atoms with Crippen LogP contribution >= 0.6 is 0 Å².